The van der Waals surface area contributed by atoms with Crippen LogP contribution < -0.4 is 15.8 Å². The SMILES string of the molecule is C[C@@H]1CN[C@@H](C)CN1C(C)(C)/C=C(\C#N)C(=O)N1CCC[C@@H](n2nc(-c3ccc(Oc4ccccc4)cc3F)c3c(N)ncnc32)C1. The number of carbonyl (C=O) groups is 1. The van der Waals surface area contributed by atoms with Crippen molar-refractivity contribution >= 4 is 22.8 Å². The molecule has 1 amide bonds. The average Bonchev–Trinajstić information content (AvgIpc) is 3.45. The van der Waals surface area contributed by atoms with Crippen molar-refractivity contribution < 1.29 is 13.9 Å². The zero-order valence-electron chi connectivity index (χ0n) is 27.2. The molecule has 12 heteroatoms. The number of nitrogen functional groups attached to an aromatic ring is 1. The number of rotatable bonds is 7. The van der Waals surface area contributed by atoms with Crippen LogP contribution in [0.3, 0.4) is 0 Å². The minimum atomic E-state index is -0.534. The van der Waals surface area contributed by atoms with Gasteiger partial charge in [-0.1, -0.05) is 18.2 Å². The number of piperazine rings is 1. The summed E-state index contributed by atoms with van der Waals surface area (Å²) in [5, 5.41) is 18.9. The Bertz CT molecular complexity index is 1850. The molecule has 2 aliphatic heterocycles. The number of piperidine rings is 1. The Morgan fingerprint density at radius 3 is 2.68 bits per heavy atom. The van der Waals surface area contributed by atoms with Gasteiger partial charge in [0.1, 0.15) is 46.8 Å². The number of anilines is 1. The number of amides is 1. The van der Waals surface area contributed by atoms with Gasteiger partial charge in [-0.3, -0.25) is 9.69 Å². The van der Waals surface area contributed by atoms with Crippen LogP contribution in [0.25, 0.3) is 22.3 Å². The lowest BCUT2D eigenvalue weighted by Crippen LogP contribution is -2.60. The lowest BCUT2D eigenvalue weighted by atomic mass is 9.94. The number of benzene rings is 2. The van der Waals surface area contributed by atoms with E-state index in [9.17, 15) is 10.1 Å². The Morgan fingerprint density at radius 2 is 1.94 bits per heavy atom. The molecule has 244 valence electrons. The molecular weight excluding hydrogens is 597 g/mol. The Hall–Kier alpha value is -4.86. The second kappa shape index (κ2) is 13.1. The molecule has 2 saturated heterocycles. The van der Waals surface area contributed by atoms with Crippen LogP contribution >= 0.6 is 0 Å². The molecule has 0 unspecified atom stereocenters. The fourth-order valence-electron chi connectivity index (χ4n) is 6.73. The monoisotopic (exact) mass is 637 g/mol. The van der Waals surface area contributed by atoms with Gasteiger partial charge < -0.3 is 20.7 Å². The summed E-state index contributed by atoms with van der Waals surface area (Å²) in [7, 11) is 0. The first-order chi connectivity index (χ1) is 22.6. The predicted octanol–water partition coefficient (Wildman–Crippen LogP) is 5.08. The summed E-state index contributed by atoms with van der Waals surface area (Å²) in [5.74, 6) is 0.268. The van der Waals surface area contributed by atoms with E-state index in [0.717, 1.165) is 13.1 Å². The zero-order valence-corrected chi connectivity index (χ0v) is 27.2. The molecule has 3 atom stereocenters. The van der Waals surface area contributed by atoms with Gasteiger partial charge in [0.2, 0.25) is 0 Å². The number of carbonyl (C=O) groups excluding carboxylic acids is 1. The number of likely N-dealkylation sites (tertiary alicyclic amines) is 1. The zero-order chi connectivity index (χ0) is 33.3. The van der Waals surface area contributed by atoms with Crippen molar-refractivity contribution in [2.45, 2.75) is 64.2 Å². The minimum absolute atomic E-state index is 0.117. The summed E-state index contributed by atoms with van der Waals surface area (Å²) < 4.78 is 23.2. The number of fused-ring (bicyclic) bond motifs is 1. The molecule has 0 radical (unpaired) electrons. The highest BCUT2D eigenvalue weighted by Gasteiger charge is 2.36. The molecule has 0 saturated carbocycles. The Morgan fingerprint density at radius 1 is 1.15 bits per heavy atom. The maximum atomic E-state index is 15.7. The Kier molecular flexibility index (Phi) is 8.94. The molecule has 0 spiro atoms. The van der Waals surface area contributed by atoms with E-state index in [4.69, 9.17) is 15.6 Å². The smallest absolute Gasteiger partial charge is 0.264 e. The van der Waals surface area contributed by atoms with Crippen molar-refractivity contribution in [3.05, 3.63) is 72.3 Å². The normalized spacial score (nSPS) is 21.1. The summed E-state index contributed by atoms with van der Waals surface area (Å²) in [5.41, 5.74) is 6.93. The van der Waals surface area contributed by atoms with Gasteiger partial charge in [0.15, 0.2) is 5.65 Å². The Labute approximate surface area is 273 Å². The number of halogens is 1. The fourth-order valence-corrected chi connectivity index (χ4v) is 6.73. The highest BCUT2D eigenvalue weighted by molar-refractivity contribution is 5.99. The average molecular weight is 638 g/mol. The molecule has 4 heterocycles. The maximum Gasteiger partial charge on any atom is 0.264 e. The summed E-state index contributed by atoms with van der Waals surface area (Å²) in [4.78, 5) is 26.5. The number of nitriles is 1. The van der Waals surface area contributed by atoms with Crippen LogP contribution in [0.15, 0.2) is 66.5 Å². The third-order valence-corrected chi connectivity index (χ3v) is 9.08. The second-order valence-electron chi connectivity index (χ2n) is 13.0. The van der Waals surface area contributed by atoms with E-state index in [-0.39, 0.29) is 34.9 Å². The first-order valence-corrected chi connectivity index (χ1v) is 16.0. The quantitative estimate of drug-likeness (QED) is 0.210. The van der Waals surface area contributed by atoms with Gasteiger partial charge in [-0.25, -0.2) is 19.0 Å². The summed E-state index contributed by atoms with van der Waals surface area (Å²) in [6, 6.07) is 16.2. The van der Waals surface area contributed by atoms with Gasteiger partial charge in [-0.2, -0.15) is 10.4 Å². The lowest BCUT2D eigenvalue weighted by molar-refractivity contribution is -0.128. The van der Waals surface area contributed by atoms with Crippen molar-refractivity contribution in [2.75, 3.05) is 31.9 Å². The van der Waals surface area contributed by atoms with Crippen molar-refractivity contribution in [3.8, 4) is 28.8 Å². The molecule has 47 heavy (non-hydrogen) atoms. The molecule has 6 rings (SSSR count). The summed E-state index contributed by atoms with van der Waals surface area (Å²) in [6.45, 7) is 10.9. The Balaban J connectivity index is 1.28. The predicted molar refractivity (Wildman–Crippen MR) is 178 cm³/mol. The topological polar surface area (TPSA) is 138 Å². The fraction of sp³-hybridized carbons (Fsp3) is 0.400. The third kappa shape index (κ3) is 6.54. The number of aromatic nitrogens is 4. The van der Waals surface area contributed by atoms with Gasteiger partial charge in [0, 0.05) is 55.4 Å². The van der Waals surface area contributed by atoms with Crippen LogP contribution in [0, 0.1) is 17.1 Å². The summed E-state index contributed by atoms with van der Waals surface area (Å²) >= 11 is 0. The van der Waals surface area contributed by atoms with Gasteiger partial charge >= 0.3 is 0 Å². The van der Waals surface area contributed by atoms with Crippen LogP contribution in [0.4, 0.5) is 10.2 Å². The van der Waals surface area contributed by atoms with Crippen LogP contribution in [0.1, 0.15) is 46.6 Å². The first-order valence-electron chi connectivity index (χ1n) is 16.0. The van der Waals surface area contributed by atoms with Crippen LogP contribution in [0.5, 0.6) is 11.5 Å². The first kappa shape index (κ1) is 32.1. The van der Waals surface area contributed by atoms with Crippen LogP contribution in [0.2, 0.25) is 0 Å². The van der Waals surface area contributed by atoms with E-state index >= 15 is 4.39 Å². The number of para-hydroxylation sites is 1. The molecule has 3 N–H and O–H groups in total. The molecule has 2 aromatic carbocycles. The van der Waals surface area contributed by atoms with Gasteiger partial charge in [-0.05, 0) is 70.9 Å². The van der Waals surface area contributed by atoms with Crippen molar-refractivity contribution in [1.29, 1.82) is 5.26 Å². The van der Waals surface area contributed by atoms with Crippen molar-refractivity contribution in [1.82, 2.24) is 34.9 Å². The maximum absolute atomic E-state index is 15.7. The van der Waals surface area contributed by atoms with Gasteiger partial charge in [0.25, 0.3) is 5.91 Å². The van der Waals surface area contributed by atoms with Crippen molar-refractivity contribution in [2.24, 2.45) is 0 Å². The van der Waals surface area contributed by atoms with E-state index in [1.54, 1.807) is 39.9 Å². The van der Waals surface area contributed by atoms with E-state index in [2.05, 4.69) is 40.1 Å². The largest absolute Gasteiger partial charge is 0.457 e. The molecular formula is C35H40FN9O2. The highest BCUT2D eigenvalue weighted by atomic mass is 19.1. The molecule has 11 nitrogen and oxygen atoms in total. The van der Waals surface area contributed by atoms with Gasteiger partial charge in [0.05, 0.1) is 11.4 Å². The number of nitrogens with one attached hydrogen (secondary N) is 1. The molecule has 2 fully saturated rings. The minimum Gasteiger partial charge on any atom is -0.457 e. The molecule has 0 aliphatic carbocycles. The van der Waals surface area contributed by atoms with Crippen molar-refractivity contribution in [3.63, 3.8) is 0 Å². The standard InChI is InChI=1S/C35H40FN9O2/c1-22-19-44(23(2)18-39-22)35(3,4)16-24(17-37)34(46)43-14-8-9-25(20-43)45-33-30(32(38)40-21-41-33)31(42-45)28-13-12-27(15-29(28)36)47-26-10-6-5-7-11-26/h5-7,10-13,15-16,21-23,25,39H,8-9,14,18-20H2,1-4H3,(H2,38,40,41)/b24-16+/t22-,23+,25+/m0/s1. The van der Waals surface area contributed by atoms with E-state index in [0.29, 0.717) is 60.2 Å². The van der Waals surface area contributed by atoms with Crippen LogP contribution in [-0.4, -0.2) is 79.3 Å². The molecule has 2 aliphatic rings. The number of ether oxygens (including phenoxy) is 1. The number of hydrogen-bond donors (Lipinski definition) is 2. The number of nitrogens with two attached hydrogens (primary N) is 1. The summed E-state index contributed by atoms with van der Waals surface area (Å²) in [6.07, 6.45) is 4.57. The van der Waals surface area contributed by atoms with Gasteiger partial charge in [-0.15, -0.1) is 0 Å². The number of nitrogens with zero attached hydrogens (tertiary/aromatic N) is 7. The molecule has 2 aromatic heterocycles. The van der Waals surface area contributed by atoms with E-state index in [1.807, 2.05) is 32.0 Å². The molecule has 0 bridgehead atoms. The van der Waals surface area contributed by atoms with E-state index < -0.39 is 11.4 Å². The highest BCUT2D eigenvalue weighted by Crippen LogP contribution is 2.36. The lowest BCUT2D eigenvalue weighted by Gasteiger charge is -2.46. The third-order valence-electron chi connectivity index (χ3n) is 9.08. The second-order valence-corrected chi connectivity index (χ2v) is 13.0. The van der Waals surface area contributed by atoms with E-state index in [1.165, 1.54) is 12.4 Å². The molecule has 4 aromatic rings. The van der Waals surface area contributed by atoms with Crippen LogP contribution in [-0.2, 0) is 4.79 Å². The number of hydrogen-bond acceptors (Lipinski definition) is 9.